The highest BCUT2D eigenvalue weighted by Crippen LogP contribution is 2.34. The van der Waals surface area contributed by atoms with Gasteiger partial charge in [0.2, 0.25) is 5.91 Å². The van der Waals surface area contributed by atoms with Crippen LogP contribution < -0.4 is 10.6 Å². The second kappa shape index (κ2) is 12.7. The fourth-order valence-corrected chi connectivity index (χ4v) is 4.48. The van der Waals surface area contributed by atoms with E-state index in [-0.39, 0.29) is 17.7 Å². The lowest BCUT2D eigenvalue weighted by Crippen LogP contribution is -2.59. The minimum Gasteiger partial charge on any atom is -0.444 e. The predicted molar refractivity (Wildman–Crippen MR) is 158 cm³/mol. The van der Waals surface area contributed by atoms with Crippen LogP contribution in [0.25, 0.3) is 0 Å². The third-order valence-electron chi connectivity index (χ3n) is 6.75. The molecule has 0 saturated carbocycles. The van der Waals surface area contributed by atoms with Crippen molar-refractivity contribution in [3.8, 4) is 0 Å². The fourth-order valence-electron chi connectivity index (χ4n) is 4.48. The molecule has 0 aliphatic heterocycles. The molecular weight excluding hydrogens is 490 g/mol. The van der Waals surface area contributed by atoms with Gasteiger partial charge in [0.05, 0.1) is 0 Å². The second-order valence-electron chi connectivity index (χ2n) is 12.5. The number of nitrogens with zero attached hydrogens (tertiary/aromatic N) is 1. The topological polar surface area (TPSA) is 87.7 Å². The number of aryl methyl sites for hydroxylation is 3. The molecule has 2 aromatic carbocycles. The Hall–Kier alpha value is -3.35. The van der Waals surface area contributed by atoms with Gasteiger partial charge in [0.1, 0.15) is 17.7 Å². The first-order chi connectivity index (χ1) is 18.0. The summed E-state index contributed by atoms with van der Waals surface area (Å²) in [6, 6.07) is 11.7. The van der Waals surface area contributed by atoms with E-state index in [1.165, 1.54) is 0 Å². The summed E-state index contributed by atoms with van der Waals surface area (Å²) in [5.74, 6) is -0.858. The molecular formula is C32H47N3O4. The number of nitrogens with one attached hydrogen (secondary N) is 2. The van der Waals surface area contributed by atoms with E-state index in [0.717, 1.165) is 22.3 Å². The Morgan fingerprint density at radius 2 is 1.54 bits per heavy atom. The minimum absolute atomic E-state index is 0.200. The Morgan fingerprint density at radius 3 is 2.08 bits per heavy atom. The molecule has 0 fully saturated rings. The lowest BCUT2D eigenvalue weighted by Gasteiger charge is -2.44. The molecule has 3 unspecified atom stereocenters. The molecule has 0 saturated heterocycles. The Kier molecular flexibility index (Phi) is 10.4. The zero-order valence-electron chi connectivity index (χ0n) is 25.6. The SMILES string of the molecule is CCC(C)C(NC(=O)OC(C)(C)C)C(=O)N(C(C(=O)Nc1ccccc1C)c1cc(C)ccc1C)C(C)(C)C. The van der Waals surface area contributed by atoms with Crippen LogP contribution in [0.3, 0.4) is 0 Å². The van der Waals surface area contributed by atoms with E-state index in [9.17, 15) is 14.4 Å². The predicted octanol–water partition coefficient (Wildman–Crippen LogP) is 6.86. The zero-order chi connectivity index (χ0) is 29.7. The lowest BCUT2D eigenvalue weighted by atomic mass is 9.89. The number of amides is 3. The first-order valence-corrected chi connectivity index (χ1v) is 13.7. The van der Waals surface area contributed by atoms with Gasteiger partial charge < -0.3 is 20.3 Å². The highest BCUT2D eigenvalue weighted by atomic mass is 16.6. The van der Waals surface area contributed by atoms with Crippen LogP contribution >= 0.6 is 0 Å². The van der Waals surface area contributed by atoms with Crippen LogP contribution in [0, 0.1) is 26.7 Å². The van der Waals surface area contributed by atoms with E-state index in [1.807, 2.05) is 97.9 Å². The molecule has 214 valence electrons. The largest absolute Gasteiger partial charge is 0.444 e. The third-order valence-corrected chi connectivity index (χ3v) is 6.75. The van der Waals surface area contributed by atoms with Crippen molar-refractivity contribution < 1.29 is 19.1 Å². The van der Waals surface area contributed by atoms with Crippen molar-refractivity contribution in [2.24, 2.45) is 5.92 Å². The van der Waals surface area contributed by atoms with E-state index in [4.69, 9.17) is 4.74 Å². The van der Waals surface area contributed by atoms with Gasteiger partial charge in [-0.2, -0.15) is 0 Å². The molecule has 0 aliphatic carbocycles. The molecule has 39 heavy (non-hydrogen) atoms. The van der Waals surface area contributed by atoms with Gasteiger partial charge in [0, 0.05) is 11.2 Å². The van der Waals surface area contributed by atoms with Crippen LogP contribution in [0.15, 0.2) is 42.5 Å². The second-order valence-corrected chi connectivity index (χ2v) is 12.5. The Bertz CT molecular complexity index is 1180. The molecule has 0 aromatic heterocycles. The summed E-state index contributed by atoms with van der Waals surface area (Å²) in [7, 11) is 0. The van der Waals surface area contributed by atoms with E-state index in [1.54, 1.807) is 25.7 Å². The number of alkyl carbamates (subject to hydrolysis) is 1. The molecule has 0 radical (unpaired) electrons. The van der Waals surface area contributed by atoms with Gasteiger partial charge >= 0.3 is 6.09 Å². The number of carbonyl (C=O) groups is 3. The zero-order valence-corrected chi connectivity index (χ0v) is 25.6. The van der Waals surface area contributed by atoms with Gasteiger partial charge in [-0.05, 0) is 91.0 Å². The normalized spacial score (nSPS) is 14.1. The van der Waals surface area contributed by atoms with Gasteiger partial charge in [0.15, 0.2) is 0 Å². The quantitative estimate of drug-likeness (QED) is 0.385. The smallest absolute Gasteiger partial charge is 0.408 e. The summed E-state index contributed by atoms with van der Waals surface area (Å²) >= 11 is 0. The maximum absolute atomic E-state index is 14.5. The highest BCUT2D eigenvalue weighted by Gasteiger charge is 2.43. The summed E-state index contributed by atoms with van der Waals surface area (Å²) < 4.78 is 5.50. The van der Waals surface area contributed by atoms with Crippen molar-refractivity contribution in [3.05, 3.63) is 64.7 Å². The summed E-state index contributed by atoms with van der Waals surface area (Å²) in [4.78, 5) is 43.1. The molecule has 3 amide bonds. The number of rotatable bonds is 8. The number of hydrogen-bond acceptors (Lipinski definition) is 4. The van der Waals surface area contributed by atoms with Crippen molar-refractivity contribution in [3.63, 3.8) is 0 Å². The van der Waals surface area contributed by atoms with Crippen LogP contribution in [0.1, 0.15) is 90.1 Å². The van der Waals surface area contributed by atoms with E-state index >= 15 is 0 Å². The molecule has 2 rings (SSSR count). The van der Waals surface area contributed by atoms with Crippen LogP contribution in [0.4, 0.5) is 10.5 Å². The fraction of sp³-hybridized carbons (Fsp3) is 0.531. The Balaban J connectivity index is 2.68. The van der Waals surface area contributed by atoms with Crippen molar-refractivity contribution in [2.45, 2.75) is 106 Å². The van der Waals surface area contributed by atoms with Crippen LogP contribution in [-0.2, 0) is 14.3 Å². The van der Waals surface area contributed by atoms with Gasteiger partial charge in [-0.15, -0.1) is 0 Å². The average molecular weight is 538 g/mol. The van der Waals surface area contributed by atoms with Crippen LogP contribution in [-0.4, -0.2) is 40.0 Å². The van der Waals surface area contributed by atoms with E-state index in [2.05, 4.69) is 10.6 Å². The van der Waals surface area contributed by atoms with Gasteiger partial charge in [-0.25, -0.2) is 4.79 Å². The third kappa shape index (κ3) is 8.57. The Morgan fingerprint density at radius 1 is 0.923 bits per heavy atom. The average Bonchev–Trinajstić information content (AvgIpc) is 2.81. The van der Waals surface area contributed by atoms with E-state index in [0.29, 0.717) is 12.1 Å². The van der Waals surface area contributed by atoms with Crippen molar-refractivity contribution in [1.29, 1.82) is 0 Å². The Labute approximate surface area is 234 Å². The van der Waals surface area contributed by atoms with Gasteiger partial charge in [-0.3, -0.25) is 9.59 Å². The molecule has 7 heteroatoms. The van der Waals surface area contributed by atoms with Crippen LogP contribution in [0.5, 0.6) is 0 Å². The molecule has 2 aromatic rings. The number of ether oxygens (including phenoxy) is 1. The highest BCUT2D eigenvalue weighted by molar-refractivity contribution is 6.00. The summed E-state index contributed by atoms with van der Waals surface area (Å²) in [5.41, 5.74) is 2.74. The summed E-state index contributed by atoms with van der Waals surface area (Å²) in [6.07, 6.45) is -0.0176. The molecule has 0 spiro atoms. The van der Waals surface area contributed by atoms with Crippen molar-refractivity contribution in [2.75, 3.05) is 5.32 Å². The standard InChI is InChI=1S/C32H47N3O4/c1-12-21(3)26(34-30(38)39-32(9,10)11)29(37)35(31(6,7)8)27(24-19-20(2)17-18-22(24)4)28(36)33-25-16-14-13-15-23(25)5/h13-19,21,26-27H,12H2,1-11H3,(H,33,36)(H,34,38). The number of hydrogen-bond donors (Lipinski definition) is 2. The van der Waals surface area contributed by atoms with Gasteiger partial charge in [0.25, 0.3) is 5.91 Å². The molecule has 0 heterocycles. The molecule has 0 aliphatic rings. The summed E-state index contributed by atoms with van der Waals surface area (Å²) in [5, 5.41) is 5.89. The van der Waals surface area contributed by atoms with Gasteiger partial charge in [-0.1, -0.05) is 62.2 Å². The molecule has 2 N–H and O–H groups in total. The monoisotopic (exact) mass is 537 g/mol. The minimum atomic E-state index is -0.941. The lowest BCUT2D eigenvalue weighted by molar-refractivity contribution is -0.148. The first kappa shape index (κ1) is 31.9. The molecule has 0 bridgehead atoms. The maximum atomic E-state index is 14.5. The molecule has 3 atom stereocenters. The molecule has 7 nitrogen and oxygen atoms in total. The number of para-hydroxylation sites is 1. The first-order valence-electron chi connectivity index (χ1n) is 13.7. The van der Waals surface area contributed by atoms with E-state index < -0.39 is 29.3 Å². The summed E-state index contributed by atoms with van der Waals surface area (Å²) in [6.45, 7) is 20.8. The van der Waals surface area contributed by atoms with Crippen molar-refractivity contribution in [1.82, 2.24) is 10.2 Å². The number of carbonyl (C=O) groups excluding carboxylic acids is 3. The number of anilines is 1. The van der Waals surface area contributed by atoms with Crippen molar-refractivity contribution >= 4 is 23.6 Å². The van der Waals surface area contributed by atoms with Crippen LogP contribution in [0.2, 0.25) is 0 Å². The maximum Gasteiger partial charge on any atom is 0.408 e. The number of benzene rings is 2.